The minimum absolute atomic E-state index is 1.06. The maximum atomic E-state index is 3.19. The molecule has 0 aromatic rings. The van der Waals surface area contributed by atoms with Crippen LogP contribution in [-0.4, -0.2) is 19.0 Å². The zero-order chi connectivity index (χ0) is 4.24. The first kappa shape index (κ1) is 4.43. The Bertz CT molecular complexity index is 24.3. The average Bonchev–Trinajstić information content (AvgIpc) is 1.72. The van der Waals surface area contributed by atoms with Crippen LogP contribution in [0.2, 0.25) is 0 Å². The van der Waals surface area contributed by atoms with Gasteiger partial charge in [0.05, 0.1) is 5.88 Å². The molecule has 6 heavy (non-hydrogen) atoms. The molecule has 0 aromatic heterocycles. The molecule has 1 fully saturated rings. The summed E-state index contributed by atoms with van der Waals surface area (Å²) in [5.74, 6) is 1.06. The van der Waals surface area contributed by atoms with Crippen LogP contribution in [-0.2, 0) is 0 Å². The molecular weight excluding hydrogens is 96.1 g/mol. The fourth-order valence-electron chi connectivity index (χ4n) is 0.386. The van der Waals surface area contributed by atoms with Crippen molar-refractivity contribution in [2.45, 2.75) is 0 Å². The van der Waals surface area contributed by atoms with Crippen LogP contribution in [0.4, 0.5) is 0 Å². The Kier molecular flexibility index (Phi) is 1.80. The first-order valence-corrected chi connectivity index (χ1v) is 3.04. The number of hydrogen-bond acceptors (Lipinski definition) is 3. The molecule has 0 radical (unpaired) electrons. The third kappa shape index (κ3) is 1.16. The SMILES string of the molecule is C1CNSCN1. The van der Waals surface area contributed by atoms with Crippen molar-refractivity contribution in [2.75, 3.05) is 19.0 Å². The van der Waals surface area contributed by atoms with Crippen LogP contribution in [0.1, 0.15) is 0 Å². The number of rotatable bonds is 0. The van der Waals surface area contributed by atoms with E-state index in [1.807, 2.05) is 0 Å². The van der Waals surface area contributed by atoms with Crippen molar-refractivity contribution in [1.82, 2.24) is 10.0 Å². The van der Waals surface area contributed by atoms with Crippen molar-refractivity contribution in [2.24, 2.45) is 0 Å². The Labute approximate surface area is 41.8 Å². The Morgan fingerprint density at radius 3 is 2.50 bits per heavy atom. The third-order valence-corrected chi connectivity index (χ3v) is 1.44. The van der Waals surface area contributed by atoms with E-state index in [0.717, 1.165) is 19.0 Å². The van der Waals surface area contributed by atoms with E-state index in [-0.39, 0.29) is 0 Å². The van der Waals surface area contributed by atoms with E-state index >= 15 is 0 Å². The molecule has 0 aliphatic carbocycles. The lowest BCUT2D eigenvalue weighted by Crippen LogP contribution is -2.30. The first-order chi connectivity index (χ1) is 3.00. The fourth-order valence-corrected chi connectivity index (χ4v) is 0.981. The highest BCUT2D eigenvalue weighted by Gasteiger charge is 1.92. The van der Waals surface area contributed by atoms with Crippen LogP contribution in [0, 0.1) is 0 Å². The van der Waals surface area contributed by atoms with Gasteiger partial charge in [-0.1, -0.05) is 11.9 Å². The third-order valence-electron chi connectivity index (χ3n) is 0.680. The predicted octanol–water partition coefficient (Wildman–Crippen LogP) is -0.215. The Morgan fingerprint density at radius 1 is 1.33 bits per heavy atom. The molecule has 1 heterocycles. The van der Waals surface area contributed by atoms with Gasteiger partial charge in [-0.15, -0.1) is 0 Å². The summed E-state index contributed by atoms with van der Waals surface area (Å²) < 4.78 is 3.14. The molecule has 0 aromatic carbocycles. The van der Waals surface area contributed by atoms with E-state index < -0.39 is 0 Å². The van der Waals surface area contributed by atoms with E-state index in [4.69, 9.17) is 0 Å². The molecule has 0 unspecified atom stereocenters. The second kappa shape index (κ2) is 2.44. The lowest BCUT2D eigenvalue weighted by atomic mass is 10.7. The van der Waals surface area contributed by atoms with Crippen LogP contribution < -0.4 is 10.0 Å². The lowest BCUT2D eigenvalue weighted by Gasteiger charge is -2.10. The Hall–Kier alpha value is 0.270. The average molecular weight is 104 g/mol. The Morgan fingerprint density at radius 2 is 2.33 bits per heavy atom. The van der Waals surface area contributed by atoms with Gasteiger partial charge in [0.25, 0.3) is 0 Å². The highest BCUT2D eigenvalue weighted by molar-refractivity contribution is 7.97. The van der Waals surface area contributed by atoms with Crippen LogP contribution >= 0.6 is 11.9 Å². The summed E-state index contributed by atoms with van der Waals surface area (Å²) >= 11 is 1.73. The summed E-state index contributed by atoms with van der Waals surface area (Å²) in [5.41, 5.74) is 0. The van der Waals surface area contributed by atoms with Gasteiger partial charge in [0.2, 0.25) is 0 Å². The van der Waals surface area contributed by atoms with E-state index in [9.17, 15) is 0 Å². The normalized spacial score (nSPS) is 24.0. The summed E-state index contributed by atoms with van der Waals surface area (Å²) in [6.07, 6.45) is 0. The van der Waals surface area contributed by atoms with Crippen LogP contribution in [0.25, 0.3) is 0 Å². The van der Waals surface area contributed by atoms with E-state index in [1.54, 1.807) is 11.9 Å². The quantitative estimate of drug-likeness (QED) is 0.416. The standard InChI is InChI=1S/C3H8N2S/c1-2-5-6-3-4-1/h4-5H,1-3H2. The van der Waals surface area contributed by atoms with Gasteiger partial charge in [-0.05, 0) is 0 Å². The monoisotopic (exact) mass is 104 g/mol. The lowest BCUT2D eigenvalue weighted by molar-refractivity contribution is 0.731. The molecule has 2 nitrogen and oxygen atoms in total. The first-order valence-electron chi connectivity index (χ1n) is 2.05. The molecule has 1 saturated heterocycles. The highest BCUT2D eigenvalue weighted by Crippen LogP contribution is 1.90. The molecule has 1 rings (SSSR count). The molecule has 36 valence electrons. The van der Waals surface area contributed by atoms with Gasteiger partial charge in [-0.3, -0.25) is 4.72 Å². The second-order valence-corrected chi connectivity index (χ2v) is 2.05. The van der Waals surface area contributed by atoms with Crippen molar-refractivity contribution in [1.29, 1.82) is 0 Å². The maximum Gasteiger partial charge on any atom is 0.0566 e. The molecule has 0 bridgehead atoms. The number of hydrogen-bond donors (Lipinski definition) is 2. The number of nitrogens with one attached hydrogen (secondary N) is 2. The van der Waals surface area contributed by atoms with Crippen molar-refractivity contribution in [3.05, 3.63) is 0 Å². The zero-order valence-corrected chi connectivity index (χ0v) is 4.35. The topological polar surface area (TPSA) is 24.1 Å². The van der Waals surface area contributed by atoms with Gasteiger partial charge in [0.15, 0.2) is 0 Å². The maximum absolute atomic E-state index is 3.19. The largest absolute Gasteiger partial charge is 0.306 e. The smallest absolute Gasteiger partial charge is 0.0566 e. The molecule has 0 amide bonds. The molecule has 0 saturated carbocycles. The van der Waals surface area contributed by atoms with E-state index in [1.165, 1.54) is 0 Å². The van der Waals surface area contributed by atoms with Crippen molar-refractivity contribution in [3.8, 4) is 0 Å². The van der Waals surface area contributed by atoms with Crippen molar-refractivity contribution in [3.63, 3.8) is 0 Å². The van der Waals surface area contributed by atoms with Crippen molar-refractivity contribution < 1.29 is 0 Å². The van der Waals surface area contributed by atoms with Crippen LogP contribution in [0.5, 0.6) is 0 Å². The molecule has 1 aliphatic rings. The summed E-state index contributed by atoms with van der Waals surface area (Å²) in [7, 11) is 0. The van der Waals surface area contributed by atoms with Gasteiger partial charge in [0, 0.05) is 13.1 Å². The van der Waals surface area contributed by atoms with E-state index in [2.05, 4.69) is 10.0 Å². The van der Waals surface area contributed by atoms with Gasteiger partial charge in [0.1, 0.15) is 0 Å². The molecule has 0 atom stereocenters. The highest BCUT2D eigenvalue weighted by atomic mass is 32.2. The predicted molar refractivity (Wildman–Crippen MR) is 28.5 cm³/mol. The molecule has 2 N–H and O–H groups in total. The van der Waals surface area contributed by atoms with Crippen molar-refractivity contribution >= 4 is 11.9 Å². The second-order valence-electron chi connectivity index (χ2n) is 1.18. The van der Waals surface area contributed by atoms with Crippen LogP contribution in [0.15, 0.2) is 0 Å². The van der Waals surface area contributed by atoms with Gasteiger partial charge < -0.3 is 5.32 Å². The molecule has 3 heteroatoms. The van der Waals surface area contributed by atoms with E-state index in [0.29, 0.717) is 0 Å². The Balaban J connectivity index is 2.00. The minimum atomic E-state index is 1.06. The molecule has 0 spiro atoms. The van der Waals surface area contributed by atoms with Gasteiger partial charge in [-0.25, -0.2) is 0 Å². The van der Waals surface area contributed by atoms with Gasteiger partial charge >= 0.3 is 0 Å². The van der Waals surface area contributed by atoms with Gasteiger partial charge in [-0.2, -0.15) is 0 Å². The summed E-state index contributed by atoms with van der Waals surface area (Å²) in [4.78, 5) is 0. The van der Waals surface area contributed by atoms with Crippen LogP contribution in [0.3, 0.4) is 0 Å². The summed E-state index contributed by atoms with van der Waals surface area (Å²) in [6, 6.07) is 0. The summed E-state index contributed by atoms with van der Waals surface area (Å²) in [5, 5.41) is 3.19. The minimum Gasteiger partial charge on any atom is -0.306 e. The molecule has 1 aliphatic heterocycles. The fraction of sp³-hybridized carbons (Fsp3) is 1.00. The zero-order valence-electron chi connectivity index (χ0n) is 3.53. The molecular formula is C3H8N2S. The summed E-state index contributed by atoms with van der Waals surface area (Å²) in [6.45, 7) is 2.22.